The standard InChI is InChI=1S/C24H21N3O3/c1-2-30-18-14-12-17(13-15-18)23-25-24(27-26-23)20-11-7-6-10-19(20)22(29)21(28)16-8-4-3-5-9-16/h3-15,22,29H,2H2,1H3,(H,25,26,27). The Bertz CT molecular complexity index is 1140. The van der Waals surface area contributed by atoms with Crippen LogP contribution >= 0.6 is 0 Å². The Labute approximate surface area is 174 Å². The number of benzene rings is 3. The van der Waals surface area contributed by atoms with Crippen molar-refractivity contribution in [1.29, 1.82) is 0 Å². The quantitative estimate of drug-likeness (QED) is 0.448. The number of rotatable bonds is 7. The van der Waals surface area contributed by atoms with Gasteiger partial charge in [-0.05, 0) is 36.8 Å². The number of aromatic nitrogens is 3. The monoisotopic (exact) mass is 399 g/mol. The van der Waals surface area contributed by atoms with Gasteiger partial charge in [0.05, 0.1) is 6.61 Å². The van der Waals surface area contributed by atoms with Crippen molar-refractivity contribution in [1.82, 2.24) is 15.2 Å². The Morgan fingerprint density at radius 2 is 1.70 bits per heavy atom. The third-order valence-corrected chi connectivity index (χ3v) is 4.73. The molecule has 2 N–H and O–H groups in total. The molecule has 0 aliphatic heterocycles. The minimum Gasteiger partial charge on any atom is -0.494 e. The minimum absolute atomic E-state index is 0.366. The Hall–Kier alpha value is -3.77. The minimum atomic E-state index is -1.30. The number of H-pyrrole nitrogens is 1. The van der Waals surface area contributed by atoms with Crippen molar-refractivity contribution in [3.63, 3.8) is 0 Å². The molecule has 1 atom stereocenters. The second-order valence-corrected chi connectivity index (χ2v) is 6.69. The van der Waals surface area contributed by atoms with Gasteiger partial charge in [0.15, 0.2) is 17.4 Å². The number of aromatic amines is 1. The summed E-state index contributed by atoms with van der Waals surface area (Å²) in [5, 5.41) is 18.0. The molecule has 0 spiro atoms. The third kappa shape index (κ3) is 3.99. The van der Waals surface area contributed by atoms with Crippen LogP contribution in [0.3, 0.4) is 0 Å². The molecule has 6 heteroatoms. The van der Waals surface area contributed by atoms with Gasteiger partial charge in [0.2, 0.25) is 0 Å². The maximum atomic E-state index is 12.7. The number of carbonyl (C=O) groups excluding carboxylic acids is 1. The van der Waals surface area contributed by atoms with Crippen molar-refractivity contribution >= 4 is 5.78 Å². The highest BCUT2D eigenvalue weighted by Gasteiger charge is 2.23. The number of ketones is 1. The van der Waals surface area contributed by atoms with Crippen molar-refractivity contribution in [2.24, 2.45) is 0 Å². The average molecular weight is 399 g/mol. The van der Waals surface area contributed by atoms with Crippen LogP contribution in [0.4, 0.5) is 0 Å². The lowest BCUT2D eigenvalue weighted by Crippen LogP contribution is -2.13. The smallest absolute Gasteiger partial charge is 0.195 e. The first-order valence-corrected chi connectivity index (χ1v) is 9.69. The van der Waals surface area contributed by atoms with Crippen molar-refractivity contribution in [3.8, 4) is 28.5 Å². The van der Waals surface area contributed by atoms with Gasteiger partial charge in [0, 0.05) is 16.7 Å². The predicted molar refractivity (Wildman–Crippen MR) is 114 cm³/mol. The van der Waals surface area contributed by atoms with Gasteiger partial charge in [-0.2, -0.15) is 5.10 Å². The molecular weight excluding hydrogens is 378 g/mol. The first kappa shape index (κ1) is 19.5. The number of ether oxygens (including phenoxy) is 1. The molecule has 4 aromatic rings. The number of hydrogen-bond acceptors (Lipinski definition) is 5. The van der Waals surface area contributed by atoms with Crippen LogP contribution in [0.15, 0.2) is 78.9 Å². The van der Waals surface area contributed by atoms with Crippen LogP contribution in [0.1, 0.15) is 28.9 Å². The first-order valence-electron chi connectivity index (χ1n) is 9.69. The summed E-state index contributed by atoms with van der Waals surface area (Å²) in [7, 11) is 0. The van der Waals surface area contributed by atoms with E-state index in [9.17, 15) is 9.90 Å². The van der Waals surface area contributed by atoms with E-state index in [1.807, 2.05) is 43.3 Å². The summed E-state index contributed by atoms with van der Waals surface area (Å²) in [6, 6.07) is 23.4. The lowest BCUT2D eigenvalue weighted by molar-refractivity contribution is 0.0748. The highest BCUT2D eigenvalue weighted by molar-refractivity contribution is 6.00. The number of hydrogen-bond donors (Lipinski definition) is 2. The van der Waals surface area contributed by atoms with Gasteiger partial charge in [-0.1, -0.05) is 54.6 Å². The highest BCUT2D eigenvalue weighted by atomic mass is 16.5. The topological polar surface area (TPSA) is 88.1 Å². The van der Waals surface area contributed by atoms with Crippen molar-refractivity contribution in [3.05, 3.63) is 90.0 Å². The number of carbonyl (C=O) groups is 1. The van der Waals surface area contributed by atoms with Gasteiger partial charge >= 0.3 is 0 Å². The maximum absolute atomic E-state index is 12.7. The molecule has 30 heavy (non-hydrogen) atoms. The molecule has 4 rings (SSSR count). The highest BCUT2D eigenvalue weighted by Crippen LogP contribution is 2.29. The molecule has 0 saturated carbocycles. The molecule has 150 valence electrons. The van der Waals surface area contributed by atoms with Crippen molar-refractivity contribution in [2.75, 3.05) is 6.61 Å². The van der Waals surface area contributed by atoms with E-state index >= 15 is 0 Å². The normalized spacial score (nSPS) is 11.8. The molecule has 0 radical (unpaired) electrons. The van der Waals surface area contributed by atoms with E-state index in [2.05, 4.69) is 15.2 Å². The van der Waals surface area contributed by atoms with Gasteiger partial charge in [-0.15, -0.1) is 0 Å². The molecule has 3 aromatic carbocycles. The summed E-state index contributed by atoms with van der Waals surface area (Å²) in [4.78, 5) is 17.3. The van der Waals surface area contributed by atoms with Crippen LogP contribution in [0, 0.1) is 0 Å². The number of aliphatic hydroxyl groups is 1. The van der Waals surface area contributed by atoms with E-state index in [1.165, 1.54) is 0 Å². The molecule has 1 unspecified atom stereocenters. The number of nitrogens with zero attached hydrogens (tertiary/aromatic N) is 2. The van der Waals surface area contributed by atoms with Crippen molar-refractivity contribution < 1.29 is 14.6 Å². The molecule has 1 heterocycles. The SMILES string of the molecule is CCOc1ccc(-c2n[nH]c(-c3ccccc3C(O)C(=O)c3ccccc3)n2)cc1. The number of Topliss-reactive ketones (excluding diaryl/α,β-unsaturated/α-hetero) is 1. The second kappa shape index (κ2) is 8.71. The Morgan fingerprint density at radius 3 is 2.43 bits per heavy atom. The van der Waals surface area contributed by atoms with E-state index in [4.69, 9.17) is 4.74 Å². The summed E-state index contributed by atoms with van der Waals surface area (Å²) in [6.07, 6.45) is -1.30. The van der Waals surface area contributed by atoms with Gasteiger partial charge in [-0.3, -0.25) is 9.89 Å². The lowest BCUT2D eigenvalue weighted by Gasteiger charge is -2.13. The molecule has 0 amide bonds. The summed E-state index contributed by atoms with van der Waals surface area (Å²) in [5.74, 6) is 1.42. The van der Waals surface area contributed by atoms with E-state index in [0.717, 1.165) is 11.3 Å². The zero-order chi connectivity index (χ0) is 20.9. The first-order chi connectivity index (χ1) is 14.7. The van der Waals surface area contributed by atoms with Gasteiger partial charge in [-0.25, -0.2) is 4.98 Å². The fourth-order valence-corrected chi connectivity index (χ4v) is 3.23. The molecule has 6 nitrogen and oxygen atoms in total. The predicted octanol–water partition coefficient (Wildman–Crippen LogP) is 4.45. The molecule has 0 aliphatic carbocycles. The van der Waals surface area contributed by atoms with Crippen LogP contribution in [0.25, 0.3) is 22.8 Å². The molecule has 0 aliphatic rings. The largest absolute Gasteiger partial charge is 0.494 e. The summed E-state index contributed by atoms with van der Waals surface area (Å²) in [5.41, 5.74) is 2.38. The van der Waals surface area contributed by atoms with Crippen LogP contribution < -0.4 is 4.74 Å². The molecule has 0 bridgehead atoms. The van der Waals surface area contributed by atoms with Crippen LogP contribution in [0.2, 0.25) is 0 Å². The summed E-state index contributed by atoms with van der Waals surface area (Å²) in [6.45, 7) is 2.54. The third-order valence-electron chi connectivity index (χ3n) is 4.73. The molecule has 1 aromatic heterocycles. The number of aliphatic hydroxyl groups excluding tert-OH is 1. The molecular formula is C24H21N3O3. The van der Waals surface area contributed by atoms with E-state index in [1.54, 1.807) is 42.5 Å². The van der Waals surface area contributed by atoms with E-state index in [0.29, 0.717) is 34.9 Å². The second-order valence-electron chi connectivity index (χ2n) is 6.69. The average Bonchev–Trinajstić information content (AvgIpc) is 3.29. The summed E-state index contributed by atoms with van der Waals surface area (Å²) >= 11 is 0. The van der Waals surface area contributed by atoms with Crippen LogP contribution in [0.5, 0.6) is 5.75 Å². The Morgan fingerprint density at radius 1 is 1.00 bits per heavy atom. The maximum Gasteiger partial charge on any atom is 0.195 e. The summed E-state index contributed by atoms with van der Waals surface area (Å²) < 4.78 is 5.46. The number of nitrogens with one attached hydrogen (secondary N) is 1. The van der Waals surface area contributed by atoms with E-state index in [-0.39, 0.29) is 5.78 Å². The Kier molecular flexibility index (Phi) is 5.68. The van der Waals surface area contributed by atoms with Gasteiger partial charge < -0.3 is 9.84 Å². The van der Waals surface area contributed by atoms with Crippen molar-refractivity contribution in [2.45, 2.75) is 13.0 Å². The van der Waals surface area contributed by atoms with Gasteiger partial charge in [0.25, 0.3) is 0 Å². The van der Waals surface area contributed by atoms with E-state index < -0.39 is 6.10 Å². The fraction of sp³-hybridized carbons (Fsp3) is 0.125. The van der Waals surface area contributed by atoms with Crippen LogP contribution in [-0.2, 0) is 0 Å². The molecule has 0 saturated heterocycles. The lowest BCUT2D eigenvalue weighted by atomic mass is 9.95. The zero-order valence-corrected chi connectivity index (χ0v) is 16.4. The van der Waals surface area contributed by atoms with Crippen LogP contribution in [-0.4, -0.2) is 32.7 Å². The molecule has 0 fully saturated rings. The fourth-order valence-electron chi connectivity index (χ4n) is 3.23. The Balaban J connectivity index is 1.64. The van der Waals surface area contributed by atoms with Gasteiger partial charge in [0.1, 0.15) is 11.9 Å². The zero-order valence-electron chi connectivity index (χ0n) is 16.4.